The van der Waals surface area contributed by atoms with Crippen LogP contribution in [-0.4, -0.2) is 24.8 Å². The number of nitrogens with one attached hydrogen (secondary N) is 2. The molecule has 0 heterocycles. The molecule has 0 spiro atoms. The fourth-order valence-electron chi connectivity index (χ4n) is 1.89. The van der Waals surface area contributed by atoms with Gasteiger partial charge in [0.2, 0.25) is 0 Å². The smallest absolute Gasteiger partial charge is 0.191 e. The van der Waals surface area contributed by atoms with E-state index in [0.29, 0.717) is 6.04 Å². The van der Waals surface area contributed by atoms with Gasteiger partial charge in [-0.3, -0.25) is 0 Å². The number of benzene rings is 1. The molecule has 1 fully saturated rings. The molecule has 0 radical (unpaired) electrons. The Hall–Kier alpha value is -1.16. The van der Waals surface area contributed by atoms with Crippen LogP contribution in [0.5, 0.6) is 0 Å². The van der Waals surface area contributed by atoms with Gasteiger partial charge in [0.15, 0.2) is 5.96 Å². The maximum absolute atomic E-state index is 4.68. The van der Waals surface area contributed by atoms with Gasteiger partial charge in [0.05, 0.1) is 6.54 Å². The molecule has 19 heavy (non-hydrogen) atoms. The Morgan fingerprint density at radius 3 is 2.84 bits per heavy atom. The van der Waals surface area contributed by atoms with Gasteiger partial charge in [-0.15, -0.1) is 11.8 Å². The molecule has 0 saturated heterocycles. The molecule has 104 valence electrons. The van der Waals surface area contributed by atoms with E-state index in [1.165, 1.54) is 28.9 Å². The van der Waals surface area contributed by atoms with Crippen molar-refractivity contribution in [1.82, 2.24) is 10.6 Å². The van der Waals surface area contributed by atoms with Crippen molar-refractivity contribution in [2.45, 2.75) is 44.2 Å². The van der Waals surface area contributed by atoms with Crippen LogP contribution in [-0.2, 0) is 6.54 Å². The molecule has 0 amide bonds. The molecule has 0 aromatic heterocycles. The van der Waals surface area contributed by atoms with Crippen molar-refractivity contribution in [1.29, 1.82) is 0 Å². The molecule has 1 aliphatic rings. The van der Waals surface area contributed by atoms with Crippen LogP contribution in [0, 0.1) is 6.92 Å². The topological polar surface area (TPSA) is 36.4 Å². The monoisotopic (exact) mass is 277 g/mol. The minimum atomic E-state index is 0.635. The third-order valence-corrected chi connectivity index (χ3v) is 3.93. The molecule has 1 aliphatic carbocycles. The lowest BCUT2D eigenvalue weighted by molar-refractivity contribution is 0.810. The van der Waals surface area contributed by atoms with Crippen molar-refractivity contribution in [2.75, 3.05) is 12.8 Å². The molecule has 2 rings (SSSR count). The number of hydrogen-bond acceptors (Lipinski definition) is 2. The number of thioether (sulfide) groups is 1. The summed E-state index contributed by atoms with van der Waals surface area (Å²) in [5.74, 6) is 0.942. The van der Waals surface area contributed by atoms with Crippen LogP contribution in [0.2, 0.25) is 0 Å². The molecule has 4 heteroatoms. The van der Waals surface area contributed by atoms with E-state index in [1.54, 1.807) is 11.8 Å². The van der Waals surface area contributed by atoms with Crippen molar-refractivity contribution in [2.24, 2.45) is 4.99 Å². The molecule has 2 N–H and O–H groups in total. The zero-order valence-corrected chi connectivity index (χ0v) is 12.8. The maximum Gasteiger partial charge on any atom is 0.191 e. The normalized spacial score (nSPS) is 15.4. The summed E-state index contributed by atoms with van der Waals surface area (Å²) >= 11 is 1.79. The molecule has 1 aromatic carbocycles. The maximum atomic E-state index is 4.68. The second-order valence-corrected chi connectivity index (χ2v) is 5.78. The highest BCUT2D eigenvalue weighted by Crippen LogP contribution is 2.22. The summed E-state index contributed by atoms with van der Waals surface area (Å²) in [6.45, 7) is 5.87. The van der Waals surface area contributed by atoms with Gasteiger partial charge in [0.1, 0.15) is 0 Å². The van der Waals surface area contributed by atoms with Crippen LogP contribution in [0.25, 0.3) is 0 Å². The van der Waals surface area contributed by atoms with Crippen molar-refractivity contribution in [3.63, 3.8) is 0 Å². The molecule has 0 atom stereocenters. The second kappa shape index (κ2) is 6.85. The summed E-state index contributed by atoms with van der Waals surface area (Å²) in [5.41, 5.74) is 2.60. The van der Waals surface area contributed by atoms with Crippen molar-refractivity contribution in [3.8, 4) is 0 Å². The molecule has 0 aliphatic heterocycles. The Morgan fingerprint density at radius 2 is 2.21 bits per heavy atom. The minimum absolute atomic E-state index is 0.635. The van der Waals surface area contributed by atoms with Gasteiger partial charge in [0.25, 0.3) is 0 Å². The Balaban J connectivity index is 2.05. The lowest BCUT2D eigenvalue weighted by Crippen LogP contribution is -2.38. The van der Waals surface area contributed by atoms with Gasteiger partial charge < -0.3 is 10.6 Å². The van der Waals surface area contributed by atoms with Gasteiger partial charge in [-0.25, -0.2) is 4.99 Å². The van der Waals surface area contributed by atoms with E-state index in [9.17, 15) is 0 Å². The van der Waals surface area contributed by atoms with Crippen molar-refractivity contribution >= 4 is 17.7 Å². The van der Waals surface area contributed by atoms with Crippen molar-refractivity contribution in [3.05, 3.63) is 29.3 Å². The van der Waals surface area contributed by atoms with E-state index in [-0.39, 0.29) is 0 Å². The first-order valence-corrected chi connectivity index (χ1v) is 8.13. The standard InChI is InChI=1S/C15H23N3S/c1-4-16-15(18-13-7-8-13)17-10-12-6-5-11(2)9-14(12)19-3/h5-6,9,13H,4,7-8,10H2,1-3H3,(H2,16,17,18). The average Bonchev–Trinajstić information content (AvgIpc) is 3.21. The summed E-state index contributed by atoms with van der Waals surface area (Å²) in [7, 11) is 0. The zero-order chi connectivity index (χ0) is 13.7. The predicted molar refractivity (Wildman–Crippen MR) is 83.9 cm³/mol. The summed E-state index contributed by atoms with van der Waals surface area (Å²) in [5, 5.41) is 6.75. The Bertz CT molecular complexity index is 453. The molecule has 1 saturated carbocycles. The Morgan fingerprint density at radius 1 is 1.42 bits per heavy atom. The van der Waals surface area contributed by atoms with Gasteiger partial charge >= 0.3 is 0 Å². The van der Waals surface area contributed by atoms with Crippen LogP contribution >= 0.6 is 11.8 Å². The zero-order valence-electron chi connectivity index (χ0n) is 12.0. The largest absolute Gasteiger partial charge is 0.357 e. The van der Waals surface area contributed by atoms with E-state index in [0.717, 1.165) is 19.0 Å². The van der Waals surface area contributed by atoms with Gasteiger partial charge in [-0.1, -0.05) is 12.1 Å². The summed E-state index contributed by atoms with van der Waals surface area (Å²) in [6, 6.07) is 7.21. The van der Waals surface area contributed by atoms with Crippen LogP contribution in [0.1, 0.15) is 30.9 Å². The van der Waals surface area contributed by atoms with Crippen LogP contribution in [0.3, 0.4) is 0 Å². The molecular weight excluding hydrogens is 254 g/mol. The number of nitrogens with zero attached hydrogens (tertiary/aromatic N) is 1. The SMILES string of the molecule is CCNC(=NCc1ccc(C)cc1SC)NC1CC1. The highest BCUT2D eigenvalue weighted by molar-refractivity contribution is 7.98. The lowest BCUT2D eigenvalue weighted by Gasteiger charge is -2.11. The van der Waals surface area contributed by atoms with Crippen LogP contribution in [0.4, 0.5) is 0 Å². The average molecular weight is 277 g/mol. The molecule has 1 aromatic rings. The molecule has 0 unspecified atom stereocenters. The number of hydrogen-bond donors (Lipinski definition) is 2. The first-order valence-electron chi connectivity index (χ1n) is 6.91. The third kappa shape index (κ3) is 4.46. The number of aryl methyl sites for hydroxylation is 1. The van der Waals surface area contributed by atoms with Gasteiger partial charge in [-0.05, 0) is 50.1 Å². The van der Waals surface area contributed by atoms with Gasteiger partial charge in [-0.2, -0.15) is 0 Å². The third-order valence-electron chi connectivity index (χ3n) is 3.11. The van der Waals surface area contributed by atoms with Crippen molar-refractivity contribution < 1.29 is 0 Å². The Kier molecular flexibility index (Phi) is 5.14. The highest BCUT2D eigenvalue weighted by Gasteiger charge is 2.22. The molecular formula is C15H23N3S. The molecule has 0 bridgehead atoms. The first kappa shape index (κ1) is 14.3. The lowest BCUT2D eigenvalue weighted by atomic mass is 10.1. The summed E-state index contributed by atoms with van der Waals surface area (Å²) in [4.78, 5) is 6.01. The van der Waals surface area contributed by atoms with E-state index >= 15 is 0 Å². The van der Waals surface area contributed by atoms with E-state index in [2.05, 4.69) is 53.9 Å². The number of guanidine groups is 1. The number of aliphatic imine (C=N–C) groups is 1. The fourth-order valence-corrected chi connectivity index (χ4v) is 2.59. The molecule has 3 nitrogen and oxygen atoms in total. The van der Waals surface area contributed by atoms with Gasteiger partial charge in [0, 0.05) is 17.5 Å². The second-order valence-electron chi connectivity index (χ2n) is 4.93. The van der Waals surface area contributed by atoms with E-state index < -0.39 is 0 Å². The predicted octanol–water partition coefficient (Wildman–Crippen LogP) is 2.93. The fraction of sp³-hybridized carbons (Fsp3) is 0.533. The number of rotatable bonds is 5. The Labute approximate surface area is 120 Å². The van der Waals surface area contributed by atoms with Crippen LogP contribution < -0.4 is 10.6 Å². The van der Waals surface area contributed by atoms with E-state index in [1.807, 2.05) is 0 Å². The highest BCUT2D eigenvalue weighted by atomic mass is 32.2. The van der Waals surface area contributed by atoms with Crippen LogP contribution in [0.15, 0.2) is 28.1 Å². The summed E-state index contributed by atoms with van der Waals surface area (Å²) < 4.78 is 0. The first-order chi connectivity index (χ1) is 9.22. The quantitative estimate of drug-likeness (QED) is 0.493. The van der Waals surface area contributed by atoms with E-state index in [4.69, 9.17) is 0 Å². The summed E-state index contributed by atoms with van der Waals surface area (Å²) in [6.07, 6.45) is 4.66. The minimum Gasteiger partial charge on any atom is -0.357 e.